The van der Waals surface area contributed by atoms with E-state index in [0.717, 1.165) is 25.9 Å². The number of ether oxygens (including phenoxy) is 1. The van der Waals surface area contributed by atoms with Gasteiger partial charge in [0.1, 0.15) is 6.10 Å². The van der Waals surface area contributed by atoms with Crippen LogP contribution in [0, 0.1) is 0 Å². The summed E-state index contributed by atoms with van der Waals surface area (Å²) < 4.78 is 5.19. The number of benzene rings is 1. The molecule has 0 saturated heterocycles. The zero-order valence-electron chi connectivity index (χ0n) is 15.3. The Balaban J connectivity index is 0.000000754. The minimum atomic E-state index is -1.23. The standard InChI is InChI=1S/C15H25NO2.C3H6O3/c1-5-8-13(16(6-2)7-3)12-9-10-14(17)15(11-12)18-4;1-2(4)3(5)6/h9-11,13,17H,5-8H2,1-4H3;2,4H,1H3,(H,5,6). The second-order valence-electron chi connectivity index (χ2n) is 5.47. The molecule has 6 nitrogen and oxygen atoms in total. The molecular weight excluding hydrogens is 310 g/mol. The van der Waals surface area contributed by atoms with Crippen molar-refractivity contribution in [3.8, 4) is 11.5 Å². The van der Waals surface area contributed by atoms with Gasteiger partial charge < -0.3 is 20.1 Å². The Morgan fingerprint density at radius 2 is 1.79 bits per heavy atom. The molecule has 6 heteroatoms. The molecule has 0 aliphatic carbocycles. The Bertz CT molecular complexity index is 486. The summed E-state index contributed by atoms with van der Waals surface area (Å²) in [5, 5.41) is 25.4. The van der Waals surface area contributed by atoms with Crippen LogP contribution in [0.2, 0.25) is 0 Å². The van der Waals surface area contributed by atoms with E-state index in [4.69, 9.17) is 14.9 Å². The van der Waals surface area contributed by atoms with E-state index in [2.05, 4.69) is 25.7 Å². The van der Waals surface area contributed by atoms with Gasteiger partial charge in [-0.05, 0) is 44.1 Å². The molecule has 0 saturated carbocycles. The maximum absolute atomic E-state index is 9.66. The van der Waals surface area contributed by atoms with E-state index < -0.39 is 12.1 Å². The number of hydrogen-bond acceptors (Lipinski definition) is 5. The van der Waals surface area contributed by atoms with Crippen LogP contribution >= 0.6 is 0 Å². The molecule has 1 aromatic carbocycles. The fraction of sp³-hybridized carbons (Fsp3) is 0.611. The molecule has 138 valence electrons. The van der Waals surface area contributed by atoms with E-state index >= 15 is 0 Å². The lowest BCUT2D eigenvalue weighted by molar-refractivity contribution is -0.145. The summed E-state index contributed by atoms with van der Waals surface area (Å²) in [6.07, 6.45) is 1.03. The number of carboxylic acids is 1. The third-order valence-electron chi connectivity index (χ3n) is 3.76. The number of carbonyl (C=O) groups is 1. The van der Waals surface area contributed by atoms with Crippen molar-refractivity contribution in [1.82, 2.24) is 4.90 Å². The summed E-state index contributed by atoms with van der Waals surface area (Å²) in [4.78, 5) is 11.9. The lowest BCUT2D eigenvalue weighted by Gasteiger charge is -2.30. The number of rotatable bonds is 8. The Morgan fingerprint density at radius 3 is 2.17 bits per heavy atom. The molecule has 0 spiro atoms. The molecule has 1 aromatic rings. The number of phenolic OH excluding ortho intramolecular Hbond substituents is 1. The lowest BCUT2D eigenvalue weighted by Crippen LogP contribution is -2.28. The number of aromatic hydroxyl groups is 1. The highest BCUT2D eigenvalue weighted by Gasteiger charge is 2.18. The lowest BCUT2D eigenvalue weighted by atomic mass is 10.00. The van der Waals surface area contributed by atoms with Crippen molar-refractivity contribution in [1.29, 1.82) is 0 Å². The first-order chi connectivity index (χ1) is 11.3. The number of nitrogens with zero attached hydrogens (tertiary/aromatic N) is 1. The van der Waals surface area contributed by atoms with Crippen LogP contribution in [0.25, 0.3) is 0 Å². The molecule has 24 heavy (non-hydrogen) atoms. The van der Waals surface area contributed by atoms with Crippen molar-refractivity contribution < 1.29 is 24.9 Å². The van der Waals surface area contributed by atoms with Gasteiger partial charge >= 0.3 is 5.97 Å². The zero-order chi connectivity index (χ0) is 18.7. The Kier molecular flexibility index (Phi) is 10.8. The molecule has 0 fully saturated rings. The first kappa shape index (κ1) is 22.2. The van der Waals surface area contributed by atoms with Gasteiger partial charge in [0, 0.05) is 6.04 Å². The number of phenols is 1. The molecule has 2 unspecified atom stereocenters. The van der Waals surface area contributed by atoms with Crippen LogP contribution in [0.4, 0.5) is 0 Å². The van der Waals surface area contributed by atoms with Crippen LogP contribution < -0.4 is 4.74 Å². The molecule has 0 aromatic heterocycles. The van der Waals surface area contributed by atoms with Crippen LogP contribution in [-0.2, 0) is 4.79 Å². The predicted molar refractivity (Wildman–Crippen MR) is 94.5 cm³/mol. The topological polar surface area (TPSA) is 90.2 Å². The Hall–Kier alpha value is -1.79. The van der Waals surface area contributed by atoms with Gasteiger partial charge in [0.25, 0.3) is 0 Å². The average Bonchev–Trinajstić information content (AvgIpc) is 2.56. The summed E-state index contributed by atoms with van der Waals surface area (Å²) >= 11 is 0. The van der Waals surface area contributed by atoms with Crippen molar-refractivity contribution in [2.24, 2.45) is 0 Å². The van der Waals surface area contributed by atoms with Crippen molar-refractivity contribution in [3.63, 3.8) is 0 Å². The van der Waals surface area contributed by atoms with Crippen LogP contribution in [-0.4, -0.2) is 52.5 Å². The van der Waals surface area contributed by atoms with Crippen LogP contribution in [0.3, 0.4) is 0 Å². The van der Waals surface area contributed by atoms with Crippen LogP contribution in [0.5, 0.6) is 11.5 Å². The number of aliphatic carboxylic acids is 1. The van der Waals surface area contributed by atoms with E-state index in [-0.39, 0.29) is 5.75 Å². The van der Waals surface area contributed by atoms with E-state index in [1.54, 1.807) is 13.2 Å². The maximum Gasteiger partial charge on any atom is 0.332 e. The highest BCUT2D eigenvalue weighted by atomic mass is 16.5. The molecule has 1 rings (SSSR count). The molecule has 0 amide bonds. The fourth-order valence-corrected chi connectivity index (χ4v) is 2.40. The van der Waals surface area contributed by atoms with E-state index in [0.29, 0.717) is 11.8 Å². The number of methoxy groups -OCH3 is 1. The van der Waals surface area contributed by atoms with Gasteiger partial charge in [-0.25, -0.2) is 4.79 Å². The Labute approximate surface area is 144 Å². The van der Waals surface area contributed by atoms with E-state index in [1.165, 1.54) is 12.5 Å². The first-order valence-electron chi connectivity index (χ1n) is 8.33. The maximum atomic E-state index is 9.66. The average molecular weight is 341 g/mol. The minimum absolute atomic E-state index is 0.205. The largest absolute Gasteiger partial charge is 0.504 e. The van der Waals surface area contributed by atoms with Crippen molar-refractivity contribution in [2.75, 3.05) is 20.2 Å². The molecule has 2 atom stereocenters. The van der Waals surface area contributed by atoms with Gasteiger partial charge in [0.05, 0.1) is 7.11 Å². The van der Waals surface area contributed by atoms with Crippen molar-refractivity contribution in [2.45, 2.75) is 52.7 Å². The van der Waals surface area contributed by atoms with Crippen molar-refractivity contribution >= 4 is 5.97 Å². The van der Waals surface area contributed by atoms with E-state index in [9.17, 15) is 9.90 Å². The van der Waals surface area contributed by atoms with Gasteiger partial charge in [-0.15, -0.1) is 0 Å². The smallest absolute Gasteiger partial charge is 0.332 e. The van der Waals surface area contributed by atoms with Gasteiger partial charge in [0.2, 0.25) is 0 Å². The quantitative estimate of drug-likeness (QED) is 0.673. The van der Waals surface area contributed by atoms with Gasteiger partial charge in [-0.1, -0.05) is 33.3 Å². The highest BCUT2D eigenvalue weighted by Crippen LogP contribution is 2.33. The number of carboxylic acid groups (broad SMARTS) is 1. The Morgan fingerprint density at radius 1 is 1.25 bits per heavy atom. The first-order valence-corrected chi connectivity index (χ1v) is 8.33. The molecule has 0 heterocycles. The summed E-state index contributed by atoms with van der Waals surface area (Å²) in [6, 6.07) is 6.07. The van der Waals surface area contributed by atoms with Crippen LogP contribution in [0.1, 0.15) is 52.1 Å². The molecule has 0 aliphatic rings. The fourth-order valence-electron chi connectivity index (χ4n) is 2.40. The monoisotopic (exact) mass is 341 g/mol. The summed E-state index contributed by atoms with van der Waals surface area (Å²) in [7, 11) is 1.59. The summed E-state index contributed by atoms with van der Waals surface area (Å²) in [6.45, 7) is 9.83. The highest BCUT2D eigenvalue weighted by molar-refractivity contribution is 5.71. The molecule has 0 aliphatic heterocycles. The minimum Gasteiger partial charge on any atom is -0.504 e. The number of aliphatic hydroxyl groups excluding tert-OH is 1. The van der Waals surface area contributed by atoms with E-state index in [1.807, 2.05) is 12.1 Å². The second kappa shape index (κ2) is 11.7. The number of hydrogen-bond donors (Lipinski definition) is 3. The van der Waals surface area contributed by atoms with Crippen LogP contribution in [0.15, 0.2) is 18.2 Å². The van der Waals surface area contributed by atoms with Gasteiger partial charge in [-0.2, -0.15) is 0 Å². The number of aliphatic hydroxyl groups is 1. The SMILES string of the molecule is CC(O)C(=O)O.CCCC(c1ccc(O)c(OC)c1)N(CC)CC. The zero-order valence-corrected chi connectivity index (χ0v) is 15.3. The normalized spacial score (nSPS) is 13.0. The molecule has 0 bridgehead atoms. The van der Waals surface area contributed by atoms with Gasteiger partial charge in [0.15, 0.2) is 11.5 Å². The molecular formula is C18H31NO5. The predicted octanol–water partition coefficient (Wildman–Crippen LogP) is 3.04. The second-order valence-corrected chi connectivity index (χ2v) is 5.47. The van der Waals surface area contributed by atoms with Crippen molar-refractivity contribution in [3.05, 3.63) is 23.8 Å². The summed E-state index contributed by atoms with van der Waals surface area (Å²) in [5.41, 5.74) is 1.22. The summed E-state index contributed by atoms with van der Waals surface area (Å²) in [5.74, 6) is -0.424. The van der Waals surface area contributed by atoms with Gasteiger partial charge in [-0.3, -0.25) is 4.90 Å². The molecule has 0 radical (unpaired) electrons. The third-order valence-corrected chi connectivity index (χ3v) is 3.76. The molecule has 3 N–H and O–H groups in total. The third kappa shape index (κ3) is 7.19.